The van der Waals surface area contributed by atoms with Gasteiger partial charge >= 0.3 is 0 Å². The molecule has 1 unspecified atom stereocenters. The monoisotopic (exact) mass is 282 g/mol. The molecule has 0 amide bonds. The molecule has 0 aliphatic carbocycles. The summed E-state index contributed by atoms with van der Waals surface area (Å²) < 4.78 is 0. The van der Waals surface area contributed by atoms with E-state index in [0.29, 0.717) is 0 Å². The molecule has 20 heavy (non-hydrogen) atoms. The topological polar surface area (TPSA) is 15.3 Å². The lowest BCUT2D eigenvalue weighted by Gasteiger charge is -2.35. The molecule has 1 heterocycles. The lowest BCUT2D eigenvalue weighted by atomic mass is 9.98. The fraction of sp³-hybridized carbons (Fsp3) is 1.00. The number of hydrogen-bond acceptors (Lipinski definition) is 2. The molecule has 2 nitrogen and oxygen atoms in total. The van der Waals surface area contributed by atoms with Gasteiger partial charge in [0.25, 0.3) is 0 Å². The van der Waals surface area contributed by atoms with Crippen molar-refractivity contribution >= 4 is 0 Å². The van der Waals surface area contributed by atoms with Gasteiger partial charge in [-0.3, -0.25) is 0 Å². The Morgan fingerprint density at radius 2 is 1.90 bits per heavy atom. The van der Waals surface area contributed by atoms with Crippen LogP contribution in [-0.4, -0.2) is 37.1 Å². The molecular formula is C18H38N2. The van der Waals surface area contributed by atoms with E-state index in [1.54, 1.807) is 0 Å². The number of nitrogens with one attached hydrogen (secondary N) is 1. The van der Waals surface area contributed by atoms with E-state index in [0.717, 1.165) is 12.0 Å². The average Bonchev–Trinajstić information content (AvgIpc) is 2.43. The summed E-state index contributed by atoms with van der Waals surface area (Å²) >= 11 is 0. The predicted molar refractivity (Wildman–Crippen MR) is 90.3 cm³/mol. The van der Waals surface area contributed by atoms with Crippen LogP contribution in [-0.2, 0) is 0 Å². The van der Waals surface area contributed by atoms with Crippen molar-refractivity contribution in [2.75, 3.05) is 26.2 Å². The van der Waals surface area contributed by atoms with Gasteiger partial charge in [0.1, 0.15) is 0 Å². The fourth-order valence-electron chi connectivity index (χ4n) is 3.32. The van der Waals surface area contributed by atoms with Crippen molar-refractivity contribution in [2.24, 2.45) is 5.92 Å². The first-order valence-corrected chi connectivity index (χ1v) is 9.18. The highest BCUT2D eigenvalue weighted by Gasteiger charge is 2.20. The molecule has 0 aromatic carbocycles. The number of piperidine rings is 1. The van der Waals surface area contributed by atoms with Gasteiger partial charge in [0.15, 0.2) is 0 Å². The van der Waals surface area contributed by atoms with Crippen LogP contribution in [0, 0.1) is 5.92 Å². The van der Waals surface area contributed by atoms with E-state index in [4.69, 9.17) is 0 Å². The normalized spacial score (nSPS) is 20.7. The SMILES string of the molecule is CCCC1CCCCN1CCCCCCNCC(C)C. The third-order valence-electron chi connectivity index (χ3n) is 4.47. The first-order valence-electron chi connectivity index (χ1n) is 9.18. The number of unbranched alkanes of at least 4 members (excludes halogenated alkanes) is 3. The van der Waals surface area contributed by atoms with Gasteiger partial charge in [-0.2, -0.15) is 0 Å². The maximum Gasteiger partial charge on any atom is 0.00951 e. The zero-order chi connectivity index (χ0) is 14.6. The smallest absolute Gasteiger partial charge is 0.00951 e. The molecule has 1 N–H and O–H groups in total. The Bertz CT molecular complexity index is 213. The zero-order valence-corrected chi connectivity index (χ0v) is 14.3. The van der Waals surface area contributed by atoms with Gasteiger partial charge in [-0.15, -0.1) is 0 Å². The maximum atomic E-state index is 3.54. The number of rotatable bonds is 11. The van der Waals surface area contributed by atoms with Crippen LogP contribution in [0.5, 0.6) is 0 Å². The Balaban J connectivity index is 1.96. The van der Waals surface area contributed by atoms with Crippen molar-refractivity contribution < 1.29 is 0 Å². The van der Waals surface area contributed by atoms with E-state index in [-0.39, 0.29) is 0 Å². The van der Waals surface area contributed by atoms with Gasteiger partial charge in [-0.1, -0.05) is 46.5 Å². The lowest BCUT2D eigenvalue weighted by molar-refractivity contribution is 0.137. The summed E-state index contributed by atoms with van der Waals surface area (Å²) in [5.41, 5.74) is 0. The highest BCUT2D eigenvalue weighted by atomic mass is 15.2. The van der Waals surface area contributed by atoms with Gasteiger partial charge in [0.05, 0.1) is 0 Å². The minimum Gasteiger partial charge on any atom is -0.316 e. The first-order chi connectivity index (χ1) is 9.74. The molecule has 0 radical (unpaired) electrons. The van der Waals surface area contributed by atoms with E-state index in [9.17, 15) is 0 Å². The molecular weight excluding hydrogens is 244 g/mol. The average molecular weight is 283 g/mol. The minimum atomic E-state index is 0.782. The van der Waals surface area contributed by atoms with Crippen LogP contribution in [0.25, 0.3) is 0 Å². The third kappa shape index (κ3) is 8.26. The Hall–Kier alpha value is -0.0800. The molecule has 1 aliphatic heterocycles. The molecule has 1 rings (SSSR count). The van der Waals surface area contributed by atoms with E-state index >= 15 is 0 Å². The quantitative estimate of drug-likeness (QED) is 0.563. The minimum absolute atomic E-state index is 0.782. The highest BCUT2D eigenvalue weighted by molar-refractivity contribution is 4.76. The van der Waals surface area contributed by atoms with Crippen LogP contribution in [0.1, 0.15) is 78.6 Å². The summed E-state index contributed by atoms with van der Waals surface area (Å²) in [7, 11) is 0. The Kier molecular flexibility index (Phi) is 10.4. The van der Waals surface area contributed by atoms with Crippen LogP contribution < -0.4 is 5.32 Å². The standard InChI is InChI=1S/C18H38N2/c1-4-11-18-12-7-10-15-20(18)14-9-6-5-8-13-19-16-17(2)3/h17-19H,4-16H2,1-3H3. The molecule has 1 saturated heterocycles. The summed E-state index contributed by atoms with van der Waals surface area (Å²) in [6.45, 7) is 12.0. The largest absolute Gasteiger partial charge is 0.316 e. The van der Waals surface area contributed by atoms with Crippen LogP contribution in [0.2, 0.25) is 0 Å². The molecule has 1 aliphatic rings. The summed E-state index contributed by atoms with van der Waals surface area (Å²) in [5, 5.41) is 3.54. The Labute approximate surface area is 127 Å². The fourth-order valence-corrected chi connectivity index (χ4v) is 3.32. The zero-order valence-electron chi connectivity index (χ0n) is 14.3. The second-order valence-electron chi connectivity index (χ2n) is 6.99. The second-order valence-corrected chi connectivity index (χ2v) is 6.99. The molecule has 1 fully saturated rings. The number of likely N-dealkylation sites (tertiary alicyclic amines) is 1. The van der Waals surface area contributed by atoms with E-state index < -0.39 is 0 Å². The van der Waals surface area contributed by atoms with Gasteiger partial charge in [-0.05, 0) is 64.2 Å². The molecule has 0 bridgehead atoms. The van der Waals surface area contributed by atoms with Crippen molar-refractivity contribution in [3.63, 3.8) is 0 Å². The van der Waals surface area contributed by atoms with Crippen molar-refractivity contribution in [1.82, 2.24) is 10.2 Å². The second kappa shape index (κ2) is 11.6. The van der Waals surface area contributed by atoms with Crippen molar-refractivity contribution in [3.05, 3.63) is 0 Å². The maximum absolute atomic E-state index is 3.54. The van der Waals surface area contributed by atoms with E-state index in [1.165, 1.54) is 84.0 Å². The van der Waals surface area contributed by atoms with Gasteiger partial charge in [-0.25, -0.2) is 0 Å². The summed E-state index contributed by atoms with van der Waals surface area (Å²) in [6.07, 6.45) is 12.7. The molecule has 2 heteroatoms. The van der Waals surface area contributed by atoms with Crippen LogP contribution in [0.4, 0.5) is 0 Å². The predicted octanol–water partition coefficient (Wildman–Crippen LogP) is 4.45. The molecule has 1 atom stereocenters. The molecule has 0 aromatic rings. The van der Waals surface area contributed by atoms with Crippen LogP contribution >= 0.6 is 0 Å². The molecule has 0 saturated carbocycles. The summed E-state index contributed by atoms with van der Waals surface area (Å²) in [6, 6.07) is 0.904. The number of hydrogen-bond donors (Lipinski definition) is 1. The molecule has 120 valence electrons. The van der Waals surface area contributed by atoms with E-state index in [1.807, 2.05) is 0 Å². The Morgan fingerprint density at radius 1 is 1.10 bits per heavy atom. The Morgan fingerprint density at radius 3 is 2.65 bits per heavy atom. The molecule has 0 aromatic heterocycles. The highest BCUT2D eigenvalue weighted by Crippen LogP contribution is 2.21. The van der Waals surface area contributed by atoms with Crippen molar-refractivity contribution in [1.29, 1.82) is 0 Å². The summed E-state index contributed by atoms with van der Waals surface area (Å²) in [4.78, 5) is 2.78. The van der Waals surface area contributed by atoms with E-state index in [2.05, 4.69) is 31.0 Å². The molecule has 0 spiro atoms. The lowest BCUT2D eigenvalue weighted by Crippen LogP contribution is -2.39. The third-order valence-corrected chi connectivity index (χ3v) is 4.47. The van der Waals surface area contributed by atoms with Gasteiger partial charge in [0, 0.05) is 6.04 Å². The van der Waals surface area contributed by atoms with Gasteiger partial charge < -0.3 is 10.2 Å². The summed E-state index contributed by atoms with van der Waals surface area (Å²) in [5.74, 6) is 0.782. The van der Waals surface area contributed by atoms with Gasteiger partial charge in [0.2, 0.25) is 0 Å². The van der Waals surface area contributed by atoms with Crippen molar-refractivity contribution in [3.8, 4) is 0 Å². The number of nitrogens with zero attached hydrogens (tertiary/aromatic N) is 1. The first kappa shape index (κ1) is 18.0. The van der Waals surface area contributed by atoms with Crippen molar-refractivity contribution in [2.45, 2.75) is 84.6 Å². The van der Waals surface area contributed by atoms with Crippen LogP contribution in [0.3, 0.4) is 0 Å². The van der Waals surface area contributed by atoms with Crippen LogP contribution in [0.15, 0.2) is 0 Å².